The van der Waals surface area contributed by atoms with Crippen molar-refractivity contribution in [3.63, 3.8) is 0 Å². The van der Waals surface area contributed by atoms with Crippen LogP contribution in [0.3, 0.4) is 0 Å². The number of benzene rings is 4. The quantitative estimate of drug-likeness (QED) is 0.276. The van der Waals surface area contributed by atoms with E-state index >= 15 is 0 Å². The van der Waals surface area contributed by atoms with Gasteiger partial charge in [-0.15, -0.1) is 0 Å². The van der Waals surface area contributed by atoms with E-state index in [1.807, 2.05) is 54.6 Å². The van der Waals surface area contributed by atoms with Gasteiger partial charge in [0.2, 0.25) is 0 Å². The fourth-order valence-corrected chi connectivity index (χ4v) is 5.95. The minimum Gasteiger partial charge on any atom is -0.484 e. The summed E-state index contributed by atoms with van der Waals surface area (Å²) in [5.74, 6) is 0.177. The van der Waals surface area contributed by atoms with Crippen LogP contribution < -0.4 is 14.4 Å². The van der Waals surface area contributed by atoms with E-state index in [9.17, 15) is 13.2 Å². The molecule has 6 nitrogen and oxygen atoms in total. The van der Waals surface area contributed by atoms with Crippen LogP contribution in [0, 0.1) is 0 Å². The third kappa shape index (κ3) is 6.27. The van der Waals surface area contributed by atoms with Gasteiger partial charge in [-0.2, -0.15) is 0 Å². The lowest BCUT2D eigenvalue weighted by atomic mass is 10.3. The Morgan fingerprint density at radius 1 is 0.833 bits per heavy atom. The first-order valence-corrected chi connectivity index (χ1v) is 13.7. The van der Waals surface area contributed by atoms with Crippen LogP contribution in [-0.4, -0.2) is 27.5 Å². The van der Waals surface area contributed by atoms with Crippen LogP contribution in [0.1, 0.15) is 6.92 Å². The predicted molar refractivity (Wildman–Crippen MR) is 144 cm³/mol. The number of anilines is 2. The molecule has 0 aromatic heterocycles. The number of nitrogens with zero attached hydrogens (tertiary/aromatic N) is 1. The zero-order valence-corrected chi connectivity index (χ0v) is 21.3. The Hall–Kier alpha value is -3.75. The van der Waals surface area contributed by atoms with E-state index in [2.05, 4.69) is 5.32 Å². The maximum absolute atomic E-state index is 13.0. The van der Waals surface area contributed by atoms with Crippen molar-refractivity contribution in [3.8, 4) is 5.75 Å². The molecule has 0 aliphatic heterocycles. The van der Waals surface area contributed by atoms with Crippen molar-refractivity contribution >= 4 is 39.1 Å². The summed E-state index contributed by atoms with van der Waals surface area (Å²) >= 11 is 1.57. The van der Waals surface area contributed by atoms with Gasteiger partial charge in [0, 0.05) is 16.3 Å². The highest BCUT2D eigenvalue weighted by Crippen LogP contribution is 2.33. The lowest BCUT2D eigenvalue weighted by Gasteiger charge is -2.23. The Balaban J connectivity index is 1.38. The topological polar surface area (TPSA) is 75.7 Å². The molecular weight excluding hydrogens is 492 g/mol. The number of sulfonamides is 1. The highest BCUT2D eigenvalue weighted by atomic mass is 32.2. The van der Waals surface area contributed by atoms with Crippen LogP contribution in [0.2, 0.25) is 0 Å². The van der Waals surface area contributed by atoms with E-state index in [-0.39, 0.29) is 24.0 Å². The number of nitrogens with one attached hydrogen (secondary N) is 1. The van der Waals surface area contributed by atoms with Crippen LogP contribution in [0.5, 0.6) is 5.75 Å². The summed E-state index contributed by atoms with van der Waals surface area (Å²) in [5.41, 5.74) is 1.23. The summed E-state index contributed by atoms with van der Waals surface area (Å²) in [7, 11) is -3.68. The molecule has 0 saturated carbocycles. The van der Waals surface area contributed by atoms with Crippen LogP contribution in [0.25, 0.3) is 0 Å². The molecule has 0 spiro atoms. The first-order chi connectivity index (χ1) is 17.5. The number of ether oxygens (including phenoxy) is 1. The molecule has 0 aliphatic carbocycles. The second kappa shape index (κ2) is 11.8. The van der Waals surface area contributed by atoms with Gasteiger partial charge in [-0.1, -0.05) is 60.3 Å². The molecule has 0 bridgehead atoms. The molecule has 4 aromatic rings. The molecule has 0 unspecified atom stereocenters. The van der Waals surface area contributed by atoms with Crippen LogP contribution >= 0.6 is 11.8 Å². The van der Waals surface area contributed by atoms with E-state index in [1.54, 1.807) is 73.3 Å². The molecule has 36 heavy (non-hydrogen) atoms. The summed E-state index contributed by atoms with van der Waals surface area (Å²) in [5, 5.41) is 2.91. The minimum atomic E-state index is -3.68. The third-order valence-electron chi connectivity index (χ3n) is 5.25. The maximum Gasteiger partial charge on any atom is 0.264 e. The van der Waals surface area contributed by atoms with Gasteiger partial charge in [-0.3, -0.25) is 9.10 Å². The molecule has 1 N–H and O–H groups in total. The molecule has 8 heteroatoms. The normalized spacial score (nSPS) is 11.0. The number of hydrogen-bond acceptors (Lipinski definition) is 5. The van der Waals surface area contributed by atoms with E-state index in [0.29, 0.717) is 17.1 Å². The Bertz CT molecular complexity index is 1390. The monoisotopic (exact) mass is 518 g/mol. The summed E-state index contributed by atoms with van der Waals surface area (Å²) in [6.07, 6.45) is 0. The Morgan fingerprint density at radius 2 is 1.44 bits per heavy atom. The van der Waals surface area contributed by atoms with Crippen molar-refractivity contribution in [1.82, 2.24) is 0 Å². The molecule has 4 rings (SSSR count). The molecular formula is C28H26N2O4S2. The lowest BCUT2D eigenvalue weighted by Crippen LogP contribution is -2.30. The lowest BCUT2D eigenvalue weighted by molar-refractivity contribution is -0.118. The number of para-hydroxylation sites is 1. The van der Waals surface area contributed by atoms with Gasteiger partial charge in [-0.05, 0) is 67.6 Å². The number of amides is 1. The van der Waals surface area contributed by atoms with Crippen molar-refractivity contribution in [2.75, 3.05) is 22.8 Å². The first-order valence-electron chi connectivity index (χ1n) is 11.4. The van der Waals surface area contributed by atoms with Crippen LogP contribution in [0.4, 0.5) is 11.4 Å². The fourth-order valence-electron chi connectivity index (χ4n) is 3.53. The number of hydrogen-bond donors (Lipinski definition) is 1. The highest BCUT2D eigenvalue weighted by molar-refractivity contribution is 7.99. The zero-order chi connectivity index (χ0) is 25.4. The number of rotatable bonds is 10. The molecule has 1 amide bonds. The van der Waals surface area contributed by atoms with Gasteiger partial charge in [-0.25, -0.2) is 8.42 Å². The standard InChI is InChI=1S/C28H26N2O4S2/c1-2-30(36(32,33)25-13-7-4-8-14-25)22-17-19-23(20-18-22)34-21-28(31)29-26-15-9-10-16-27(26)35-24-11-5-3-6-12-24/h3-20H,2,21H2,1H3,(H,29,31). The second-order valence-electron chi connectivity index (χ2n) is 7.72. The predicted octanol–water partition coefficient (Wildman–Crippen LogP) is 6.07. The van der Waals surface area contributed by atoms with E-state index in [4.69, 9.17) is 4.74 Å². The van der Waals surface area contributed by atoms with Gasteiger partial charge in [0.1, 0.15) is 5.75 Å². The molecule has 0 saturated heterocycles. The molecule has 0 radical (unpaired) electrons. The summed E-state index contributed by atoms with van der Waals surface area (Å²) in [6, 6.07) is 32.5. The van der Waals surface area contributed by atoms with Crippen molar-refractivity contribution in [2.45, 2.75) is 21.6 Å². The molecule has 0 fully saturated rings. The average molecular weight is 519 g/mol. The van der Waals surface area contributed by atoms with E-state index in [0.717, 1.165) is 9.79 Å². The summed E-state index contributed by atoms with van der Waals surface area (Å²) in [6.45, 7) is 1.88. The van der Waals surface area contributed by atoms with Crippen molar-refractivity contribution in [3.05, 3.63) is 109 Å². The summed E-state index contributed by atoms with van der Waals surface area (Å²) < 4.78 is 33.0. The van der Waals surface area contributed by atoms with E-state index in [1.165, 1.54) is 4.31 Å². The molecule has 0 aliphatic rings. The zero-order valence-electron chi connectivity index (χ0n) is 19.7. The van der Waals surface area contributed by atoms with Gasteiger partial charge >= 0.3 is 0 Å². The average Bonchev–Trinajstić information content (AvgIpc) is 2.91. The fraction of sp³-hybridized carbons (Fsp3) is 0.107. The van der Waals surface area contributed by atoms with Gasteiger partial charge in [0.25, 0.3) is 15.9 Å². The molecule has 184 valence electrons. The largest absolute Gasteiger partial charge is 0.484 e. The first kappa shape index (κ1) is 25.3. The van der Waals surface area contributed by atoms with Crippen molar-refractivity contribution < 1.29 is 17.9 Å². The number of carbonyl (C=O) groups excluding carboxylic acids is 1. The van der Waals surface area contributed by atoms with Gasteiger partial charge in [0.15, 0.2) is 6.61 Å². The molecule has 4 aromatic carbocycles. The second-order valence-corrected chi connectivity index (χ2v) is 10.7. The molecule has 0 heterocycles. The smallest absolute Gasteiger partial charge is 0.264 e. The minimum absolute atomic E-state index is 0.177. The Morgan fingerprint density at radius 3 is 2.11 bits per heavy atom. The SMILES string of the molecule is CCN(c1ccc(OCC(=O)Nc2ccccc2Sc2ccccc2)cc1)S(=O)(=O)c1ccccc1. The van der Waals surface area contributed by atoms with Crippen molar-refractivity contribution in [2.24, 2.45) is 0 Å². The van der Waals surface area contributed by atoms with Crippen LogP contribution in [0.15, 0.2) is 124 Å². The van der Waals surface area contributed by atoms with Crippen molar-refractivity contribution in [1.29, 1.82) is 0 Å². The van der Waals surface area contributed by atoms with Gasteiger partial charge in [0.05, 0.1) is 16.3 Å². The third-order valence-corrected chi connectivity index (χ3v) is 8.25. The molecule has 0 atom stereocenters. The van der Waals surface area contributed by atoms with E-state index < -0.39 is 10.0 Å². The number of carbonyl (C=O) groups is 1. The maximum atomic E-state index is 13.0. The van der Waals surface area contributed by atoms with Crippen LogP contribution in [-0.2, 0) is 14.8 Å². The highest BCUT2D eigenvalue weighted by Gasteiger charge is 2.23. The van der Waals surface area contributed by atoms with Gasteiger partial charge < -0.3 is 10.1 Å². The Kier molecular flexibility index (Phi) is 8.30. The Labute approximate surface area is 216 Å². The summed E-state index contributed by atoms with van der Waals surface area (Å²) in [4.78, 5) is 14.8.